The van der Waals surface area contributed by atoms with Gasteiger partial charge in [0.25, 0.3) is 5.91 Å². The molecule has 1 aliphatic heterocycles. The molecule has 10 heteroatoms. The first kappa shape index (κ1) is 18.7. The van der Waals surface area contributed by atoms with Gasteiger partial charge in [-0.1, -0.05) is 0 Å². The summed E-state index contributed by atoms with van der Waals surface area (Å²) >= 11 is 0. The van der Waals surface area contributed by atoms with E-state index in [9.17, 15) is 30.8 Å². The Labute approximate surface area is 136 Å². The highest BCUT2D eigenvalue weighted by Crippen LogP contribution is 2.29. The minimum absolute atomic E-state index is 0.255. The molecule has 1 amide bonds. The molecule has 0 bridgehead atoms. The number of rotatable bonds is 5. The number of hydrogen-bond donors (Lipinski definition) is 1. The molecule has 5 nitrogen and oxygen atoms in total. The van der Waals surface area contributed by atoms with Gasteiger partial charge in [0, 0.05) is 30.8 Å². The van der Waals surface area contributed by atoms with Crippen LogP contribution in [0.25, 0.3) is 0 Å². The Balaban J connectivity index is 2.08. The van der Waals surface area contributed by atoms with Gasteiger partial charge in [0.05, 0.1) is 6.26 Å². The fourth-order valence-electron chi connectivity index (χ4n) is 2.64. The molecule has 1 aromatic carbocycles. The van der Waals surface area contributed by atoms with Gasteiger partial charge in [-0.15, -0.1) is 0 Å². The molecule has 1 N–H and O–H groups in total. The van der Waals surface area contributed by atoms with Crippen molar-refractivity contribution in [3.8, 4) is 0 Å². The minimum Gasteiger partial charge on any atom is -0.349 e. The predicted molar refractivity (Wildman–Crippen MR) is 77.8 cm³/mol. The van der Waals surface area contributed by atoms with Crippen LogP contribution in [0.1, 0.15) is 18.4 Å². The van der Waals surface area contributed by atoms with E-state index >= 15 is 0 Å². The summed E-state index contributed by atoms with van der Waals surface area (Å²) in [6.45, 7) is -0.0514. The summed E-state index contributed by atoms with van der Waals surface area (Å²) in [5, 5.41) is 1.96. The highest BCUT2D eigenvalue weighted by molar-refractivity contribution is 7.88. The second kappa shape index (κ2) is 6.67. The molecule has 0 spiro atoms. The van der Waals surface area contributed by atoms with Crippen molar-refractivity contribution in [2.24, 2.45) is 0 Å². The van der Waals surface area contributed by atoms with E-state index in [0.29, 0.717) is 31.0 Å². The van der Waals surface area contributed by atoms with E-state index in [2.05, 4.69) is 0 Å². The zero-order valence-electron chi connectivity index (χ0n) is 12.7. The van der Waals surface area contributed by atoms with Gasteiger partial charge in [0.2, 0.25) is 10.0 Å². The molecule has 0 saturated carbocycles. The maximum absolute atomic E-state index is 14.0. The highest BCUT2D eigenvalue weighted by Gasteiger charge is 2.42. The summed E-state index contributed by atoms with van der Waals surface area (Å²) < 4.78 is 78.4. The van der Waals surface area contributed by atoms with Gasteiger partial charge in [-0.25, -0.2) is 17.2 Å². The van der Waals surface area contributed by atoms with Crippen LogP contribution in [0.15, 0.2) is 18.2 Å². The molecule has 1 aliphatic rings. The van der Waals surface area contributed by atoms with Crippen LogP contribution < -0.4 is 5.32 Å². The van der Waals surface area contributed by atoms with Crippen LogP contribution in [-0.4, -0.2) is 44.0 Å². The van der Waals surface area contributed by atoms with Gasteiger partial charge in [-0.2, -0.15) is 13.1 Å². The second-order valence-electron chi connectivity index (χ2n) is 5.61. The first-order chi connectivity index (χ1) is 11.0. The molecule has 1 fully saturated rings. The van der Waals surface area contributed by atoms with Crippen LogP contribution >= 0.6 is 0 Å². The van der Waals surface area contributed by atoms with E-state index in [1.165, 1.54) is 0 Å². The van der Waals surface area contributed by atoms with Crippen LogP contribution in [0, 0.1) is 11.6 Å². The lowest BCUT2D eigenvalue weighted by Gasteiger charge is -2.23. The monoisotopic (exact) mass is 368 g/mol. The van der Waals surface area contributed by atoms with E-state index in [-0.39, 0.29) is 13.1 Å². The Morgan fingerprint density at radius 2 is 1.88 bits per heavy atom. The number of hydrogen-bond acceptors (Lipinski definition) is 3. The quantitative estimate of drug-likeness (QED) is 0.803. The van der Waals surface area contributed by atoms with E-state index < -0.39 is 45.1 Å². The summed E-state index contributed by atoms with van der Waals surface area (Å²) in [6, 6.07) is 0.547. The summed E-state index contributed by atoms with van der Waals surface area (Å²) in [5.41, 5.74) is -1.11. The Hall–Kier alpha value is -1.68. The average Bonchev–Trinajstić information content (AvgIpc) is 2.92. The molecule has 2 rings (SSSR count). The van der Waals surface area contributed by atoms with Crippen molar-refractivity contribution >= 4 is 15.9 Å². The number of carbonyl (C=O) groups is 1. The lowest BCUT2D eigenvalue weighted by molar-refractivity contribution is -0.147. The van der Waals surface area contributed by atoms with Gasteiger partial charge >= 0.3 is 5.92 Å². The molecule has 1 atom stereocenters. The minimum atomic E-state index is -4.14. The molecule has 1 heterocycles. The Bertz CT molecular complexity index is 719. The van der Waals surface area contributed by atoms with Gasteiger partial charge in [0.1, 0.15) is 11.6 Å². The second-order valence-corrected chi connectivity index (χ2v) is 7.55. The third kappa shape index (κ3) is 4.04. The number of sulfonamides is 1. The van der Waals surface area contributed by atoms with Crippen LogP contribution in [-0.2, 0) is 20.7 Å². The number of nitrogens with zero attached hydrogens (tertiary/aromatic N) is 1. The number of nitrogens with one attached hydrogen (secondary N) is 1. The normalized spacial score (nSPS) is 19.5. The lowest BCUT2D eigenvalue weighted by atomic mass is 10.1. The molecule has 0 aromatic heterocycles. The number of halogens is 4. The zero-order valence-corrected chi connectivity index (χ0v) is 13.5. The Morgan fingerprint density at radius 1 is 1.29 bits per heavy atom. The van der Waals surface area contributed by atoms with Crippen LogP contribution in [0.2, 0.25) is 0 Å². The van der Waals surface area contributed by atoms with Crippen LogP contribution in [0.3, 0.4) is 0 Å². The number of benzene rings is 1. The molecule has 24 heavy (non-hydrogen) atoms. The van der Waals surface area contributed by atoms with Crippen LogP contribution in [0.5, 0.6) is 0 Å². The largest absolute Gasteiger partial charge is 0.349 e. The Morgan fingerprint density at radius 3 is 2.42 bits per heavy atom. The fourth-order valence-corrected chi connectivity index (χ4v) is 3.82. The predicted octanol–water partition coefficient (Wildman–Crippen LogP) is 1.60. The molecule has 0 radical (unpaired) electrons. The van der Waals surface area contributed by atoms with Gasteiger partial charge in [-0.3, -0.25) is 4.79 Å². The third-order valence-electron chi connectivity index (χ3n) is 3.76. The zero-order chi connectivity index (χ0) is 18.1. The van der Waals surface area contributed by atoms with Crippen molar-refractivity contribution < 1.29 is 30.8 Å². The van der Waals surface area contributed by atoms with Crippen molar-refractivity contribution in [3.63, 3.8) is 0 Å². The van der Waals surface area contributed by atoms with Crippen molar-refractivity contribution in [2.75, 3.05) is 19.3 Å². The smallest absolute Gasteiger partial charge is 0.349 e. The van der Waals surface area contributed by atoms with E-state index in [1.54, 1.807) is 0 Å². The lowest BCUT2D eigenvalue weighted by Crippen LogP contribution is -2.46. The first-order valence-electron chi connectivity index (χ1n) is 7.11. The summed E-state index contributed by atoms with van der Waals surface area (Å²) in [7, 11) is -3.50. The van der Waals surface area contributed by atoms with Gasteiger partial charge in [-0.05, 0) is 25.0 Å². The van der Waals surface area contributed by atoms with Crippen molar-refractivity contribution in [2.45, 2.75) is 24.8 Å². The molecule has 1 aromatic rings. The van der Waals surface area contributed by atoms with E-state index in [0.717, 1.165) is 10.6 Å². The van der Waals surface area contributed by atoms with E-state index in [4.69, 9.17) is 0 Å². The highest BCUT2D eigenvalue weighted by atomic mass is 32.2. The maximum atomic E-state index is 14.0. The fraction of sp³-hybridized carbons (Fsp3) is 0.500. The summed E-state index contributed by atoms with van der Waals surface area (Å²) in [5.74, 6) is -8.34. The van der Waals surface area contributed by atoms with Gasteiger partial charge < -0.3 is 5.32 Å². The summed E-state index contributed by atoms with van der Waals surface area (Å²) in [4.78, 5) is 11.7. The molecule has 0 unspecified atom stereocenters. The van der Waals surface area contributed by atoms with Crippen molar-refractivity contribution in [1.29, 1.82) is 0 Å². The number of carbonyl (C=O) groups excluding carboxylic acids is 1. The van der Waals surface area contributed by atoms with Crippen molar-refractivity contribution in [1.82, 2.24) is 9.62 Å². The third-order valence-corrected chi connectivity index (χ3v) is 5.09. The molecular formula is C14H16F4N2O3S. The first-order valence-corrected chi connectivity index (χ1v) is 8.96. The van der Waals surface area contributed by atoms with E-state index in [1.807, 2.05) is 5.32 Å². The molecule has 1 saturated heterocycles. The molecule has 0 aliphatic carbocycles. The average molecular weight is 368 g/mol. The SMILES string of the molecule is CS(=O)(=O)N1CCC[C@@H]1CNC(=O)C(F)(F)c1cc(F)cc(F)c1. The van der Waals surface area contributed by atoms with Crippen LogP contribution in [0.4, 0.5) is 17.6 Å². The summed E-state index contributed by atoms with van der Waals surface area (Å²) in [6.07, 6.45) is 1.98. The maximum Gasteiger partial charge on any atom is 0.349 e. The molecule has 134 valence electrons. The van der Waals surface area contributed by atoms with Crippen molar-refractivity contribution in [3.05, 3.63) is 35.4 Å². The number of alkyl halides is 2. The van der Waals surface area contributed by atoms with Gasteiger partial charge in [0.15, 0.2) is 0 Å². The number of amides is 1. The topological polar surface area (TPSA) is 66.5 Å². The molecular weight excluding hydrogens is 352 g/mol. The Kier molecular flexibility index (Phi) is 5.19. The standard InChI is InChI=1S/C14H16F4N2O3S/c1-24(22,23)20-4-2-3-12(20)8-19-13(21)14(17,18)9-5-10(15)7-11(16)6-9/h5-7,12H,2-4,8H2,1H3,(H,19,21)/t12-/m1/s1.